The topological polar surface area (TPSA) is 88.9 Å². The van der Waals surface area contributed by atoms with Crippen LogP contribution in [0.5, 0.6) is 0 Å². The molecule has 0 bridgehead atoms. The summed E-state index contributed by atoms with van der Waals surface area (Å²) in [7, 11) is 1.83. The fraction of sp³-hybridized carbons (Fsp3) is 0.273. The van der Waals surface area contributed by atoms with Crippen molar-refractivity contribution in [3.8, 4) is 0 Å². The highest BCUT2D eigenvalue weighted by Crippen LogP contribution is 2.19. The molecular weight excluding hydrogens is 398 g/mol. The van der Waals surface area contributed by atoms with E-state index in [-0.39, 0.29) is 23.6 Å². The molecule has 0 unspecified atom stereocenters. The third kappa shape index (κ3) is 5.70. The lowest BCUT2D eigenvalue weighted by Crippen LogP contribution is -2.28. The molecule has 2 amide bonds. The van der Waals surface area contributed by atoms with Crippen LogP contribution in [-0.4, -0.2) is 32.3 Å². The van der Waals surface area contributed by atoms with Gasteiger partial charge in [0, 0.05) is 19.2 Å². The average Bonchev–Trinajstić information content (AvgIpc) is 3.12. The van der Waals surface area contributed by atoms with Crippen LogP contribution < -0.4 is 10.6 Å². The molecule has 7 nitrogen and oxygen atoms in total. The SMILES string of the molecule is Cc1cccc(C(=O)N[C@@H](C)c2nnc(SCC(=O)NCc3ccccc3)n2C)c1. The number of hydrogen-bond acceptors (Lipinski definition) is 5. The first-order valence-corrected chi connectivity index (χ1v) is 10.6. The molecule has 0 radical (unpaired) electrons. The van der Waals surface area contributed by atoms with E-state index in [0.29, 0.717) is 23.1 Å². The minimum Gasteiger partial charge on any atom is -0.351 e. The van der Waals surface area contributed by atoms with E-state index in [2.05, 4.69) is 20.8 Å². The second kappa shape index (κ2) is 10.1. The van der Waals surface area contributed by atoms with E-state index in [1.54, 1.807) is 10.6 Å². The summed E-state index contributed by atoms with van der Waals surface area (Å²) in [5, 5.41) is 14.8. The molecule has 2 N–H and O–H groups in total. The first-order valence-electron chi connectivity index (χ1n) is 9.64. The van der Waals surface area contributed by atoms with Crippen molar-refractivity contribution in [1.82, 2.24) is 25.4 Å². The summed E-state index contributed by atoms with van der Waals surface area (Å²) < 4.78 is 1.80. The molecule has 0 aliphatic carbocycles. The number of aromatic nitrogens is 3. The normalized spacial score (nSPS) is 11.7. The third-order valence-electron chi connectivity index (χ3n) is 4.55. The summed E-state index contributed by atoms with van der Waals surface area (Å²) in [4.78, 5) is 24.6. The van der Waals surface area contributed by atoms with Crippen LogP contribution in [0.3, 0.4) is 0 Å². The molecule has 30 heavy (non-hydrogen) atoms. The first kappa shape index (κ1) is 21.6. The number of benzene rings is 2. The van der Waals surface area contributed by atoms with Gasteiger partial charge in [-0.15, -0.1) is 10.2 Å². The van der Waals surface area contributed by atoms with Crippen LogP contribution in [0.15, 0.2) is 59.8 Å². The molecule has 3 aromatic rings. The van der Waals surface area contributed by atoms with Gasteiger partial charge in [0.25, 0.3) is 5.91 Å². The fourth-order valence-electron chi connectivity index (χ4n) is 2.94. The maximum Gasteiger partial charge on any atom is 0.251 e. The number of aryl methyl sites for hydroxylation is 1. The van der Waals surface area contributed by atoms with Crippen molar-refractivity contribution in [2.45, 2.75) is 31.6 Å². The van der Waals surface area contributed by atoms with Crippen LogP contribution >= 0.6 is 11.8 Å². The predicted molar refractivity (Wildman–Crippen MR) is 117 cm³/mol. The number of carbonyl (C=O) groups excluding carboxylic acids is 2. The van der Waals surface area contributed by atoms with Crippen molar-refractivity contribution < 1.29 is 9.59 Å². The number of nitrogens with one attached hydrogen (secondary N) is 2. The first-order chi connectivity index (χ1) is 14.4. The van der Waals surface area contributed by atoms with Gasteiger partial charge in [-0.2, -0.15) is 0 Å². The molecule has 1 heterocycles. The van der Waals surface area contributed by atoms with Crippen molar-refractivity contribution in [3.63, 3.8) is 0 Å². The minimum atomic E-state index is -0.322. The highest BCUT2D eigenvalue weighted by Gasteiger charge is 2.19. The lowest BCUT2D eigenvalue weighted by Gasteiger charge is -2.14. The van der Waals surface area contributed by atoms with Crippen LogP contribution in [0.2, 0.25) is 0 Å². The molecule has 1 atom stereocenters. The Morgan fingerprint density at radius 2 is 1.87 bits per heavy atom. The van der Waals surface area contributed by atoms with E-state index in [0.717, 1.165) is 11.1 Å². The molecule has 0 fully saturated rings. The number of rotatable bonds is 8. The Morgan fingerprint density at radius 1 is 1.10 bits per heavy atom. The van der Waals surface area contributed by atoms with E-state index < -0.39 is 0 Å². The van der Waals surface area contributed by atoms with Gasteiger partial charge in [-0.05, 0) is 31.5 Å². The van der Waals surface area contributed by atoms with Crippen LogP contribution in [0.25, 0.3) is 0 Å². The number of nitrogens with zero attached hydrogens (tertiary/aromatic N) is 3. The van der Waals surface area contributed by atoms with Gasteiger partial charge < -0.3 is 15.2 Å². The second-order valence-electron chi connectivity index (χ2n) is 7.02. The van der Waals surface area contributed by atoms with Crippen molar-refractivity contribution in [3.05, 3.63) is 77.1 Å². The van der Waals surface area contributed by atoms with Gasteiger partial charge >= 0.3 is 0 Å². The Kier molecular flexibility index (Phi) is 7.24. The van der Waals surface area contributed by atoms with Gasteiger partial charge in [0.2, 0.25) is 5.91 Å². The van der Waals surface area contributed by atoms with Crippen molar-refractivity contribution in [2.75, 3.05) is 5.75 Å². The van der Waals surface area contributed by atoms with E-state index in [9.17, 15) is 9.59 Å². The zero-order valence-electron chi connectivity index (χ0n) is 17.3. The Morgan fingerprint density at radius 3 is 2.60 bits per heavy atom. The van der Waals surface area contributed by atoms with Gasteiger partial charge in [0.15, 0.2) is 11.0 Å². The molecule has 0 spiro atoms. The van der Waals surface area contributed by atoms with Crippen molar-refractivity contribution in [1.29, 1.82) is 0 Å². The zero-order valence-corrected chi connectivity index (χ0v) is 18.1. The van der Waals surface area contributed by atoms with Crippen LogP contribution in [-0.2, 0) is 18.4 Å². The highest BCUT2D eigenvalue weighted by atomic mass is 32.2. The average molecular weight is 424 g/mol. The number of thioether (sulfide) groups is 1. The highest BCUT2D eigenvalue weighted by molar-refractivity contribution is 7.99. The Labute approximate surface area is 180 Å². The van der Waals surface area contributed by atoms with E-state index in [1.807, 2.05) is 69.4 Å². The molecule has 1 aromatic heterocycles. The molecular formula is C22H25N5O2S. The summed E-state index contributed by atoms with van der Waals surface area (Å²) in [6.07, 6.45) is 0. The zero-order chi connectivity index (χ0) is 21.5. The summed E-state index contributed by atoms with van der Waals surface area (Å²) in [6.45, 7) is 4.30. The standard InChI is InChI=1S/C22H25N5O2S/c1-15-8-7-11-18(12-15)21(29)24-16(2)20-25-26-22(27(20)3)30-14-19(28)23-13-17-9-5-4-6-10-17/h4-12,16H,13-14H2,1-3H3,(H,23,28)(H,24,29)/t16-/m0/s1. The summed E-state index contributed by atoms with van der Waals surface area (Å²) in [6, 6.07) is 16.9. The maximum atomic E-state index is 12.5. The van der Waals surface area contributed by atoms with Crippen LogP contribution in [0, 0.1) is 6.92 Å². The van der Waals surface area contributed by atoms with E-state index >= 15 is 0 Å². The lowest BCUT2D eigenvalue weighted by molar-refractivity contribution is -0.118. The second-order valence-corrected chi connectivity index (χ2v) is 7.96. The molecule has 0 aliphatic rings. The number of carbonyl (C=O) groups is 2. The minimum absolute atomic E-state index is 0.0748. The molecule has 3 rings (SSSR count). The predicted octanol–water partition coefficient (Wildman–Crippen LogP) is 3.02. The quantitative estimate of drug-likeness (QED) is 0.544. The molecule has 156 valence electrons. The van der Waals surface area contributed by atoms with Crippen LogP contribution in [0.1, 0.15) is 40.3 Å². The van der Waals surface area contributed by atoms with Gasteiger partial charge in [0.05, 0.1) is 11.8 Å². The van der Waals surface area contributed by atoms with E-state index in [4.69, 9.17) is 0 Å². The Balaban J connectivity index is 1.53. The van der Waals surface area contributed by atoms with Gasteiger partial charge in [-0.3, -0.25) is 9.59 Å². The third-order valence-corrected chi connectivity index (χ3v) is 5.57. The summed E-state index contributed by atoms with van der Waals surface area (Å²) in [5.74, 6) is 0.629. The summed E-state index contributed by atoms with van der Waals surface area (Å²) >= 11 is 1.31. The lowest BCUT2D eigenvalue weighted by atomic mass is 10.1. The molecule has 0 saturated heterocycles. The number of amides is 2. The van der Waals surface area contributed by atoms with Gasteiger partial charge in [0.1, 0.15) is 0 Å². The molecule has 0 saturated carbocycles. The Bertz CT molecular complexity index is 1020. The maximum absolute atomic E-state index is 12.5. The monoisotopic (exact) mass is 423 g/mol. The van der Waals surface area contributed by atoms with E-state index in [1.165, 1.54) is 11.8 Å². The fourth-order valence-corrected chi connectivity index (χ4v) is 3.69. The largest absolute Gasteiger partial charge is 0.351 e. The van der Waals surface area contributed by atoms with Gasteiger partial charge in [-0.1, -0.05) is 59.8 Å². The van der Waals surface area contributed by atoms with Gasteiger partial charge in [-0.25, -0.2) is 0 Å². The Hall–Kier alpha value is -3.13. The smallest absolute Gasteiger partial charge is 0.251 e. The van der Waals surface area contributed by atoms with Crippen LogP contribution in [0.4, 0.5) is 0 Å². The molecule has 0 aliphatic heterocycles. The summed E-state index contributed by atoms with van der Waals surface area (Å²) in [5.41, 5.74) is 2.68. The van der Waals surface area contributed by atoms with Crippen molar-refractivity contribution >= 4 is 23.6 Å². The number of hydrogen-bond donors (Lipinski definition) is 2. The molecule has 8 heteroatoms. The van der Waals surface area contributed by atoms with Crippen molar-refractivity contribution in [2.24, 2.45) is 7.05 Å². The molecule has 2 aromatic carbocycles.